The number of ether oxygens (including phenoxy) is 3. The van der Waals surface area contributed by atoms with E-state index in [1.54, 1.807) is 51.7 Å². The molecular formula is C29H29NO6S. The maximum absolute atomic E-state index is 13.3. The third kappa shape index (κ3) is 6.29. The Morgan fingerprint density at radius 3 is 2.00 bits per heavy atom. The van der Waals surface area contributed by atoms with E-state index < -0.39 is 23.4 Å². The molecule has 0 aromatic heterocycles. The minimum atomic E-state index is -1.99. The fraction of sp³-hybridized carbons (Fsp3) is 0.172. The number of benzene rings is 4. The predicted octanol–water partition coefficient (Wildman–Crippen LogP) is 5.13. The number of nitrogens with one attached hydrogen (secondary N) is 1. The van der Waals surface area contributed by atoms with E-state index >= 15 is 0 Å². The quantitative estimate of drug-likeness (QED) is 0.286. The van der Waals surface area contributed by atoms with Gasteiger partial charge in [0.15, 0.2) is 0 Å². The molecule has 0 bridgehead atoms. The number of hydrogen-bond donors (Lipinski definition) is 2. The SMILES string of the molecule is COc1ccc(C(NS(=O)Oc2ccccc2C(O)c2ccccc2)c2ccc(OC)cc2OC)cc1. The second-order valence-corrected chi connectivity index (χ2v) is 8.97. The predicted molar refractivity (Wildman–Crippen MR) is 143 cm³/mol. The summed E-state index contributed by atoms with van der Waals surface area (Å²) in [6.07, 6.45) is -0.937. The van der Waals surface area contributed by atoms with Crippen LogP contribution < -0.4 is 23.1 Å². The summed E-state index contributed by atoms with van der Waals surface area (Å²) < 4.78 is 38.5. The van der Waals surface area contributed by atoms with Crippen LogP contribution in [-0.2, 0) is 11.3 Å². The Morgan fingerprint density at radius 2 is 1.32 bits per heavy atom. The number of aliphatic hydroxyl groups excluding tert-OH is 1. The van der Waals surface area contributed by atoms with Gasteiger partial charge in [-0.05, 0) is 41.5 Å². The van der Waals surface area contributed by atoms with Gasteiger partial charge in [0.1, 0.15) is 29.1 Å². The van der Waals surface area contributed by atoms with Gasteiger partial charge in [-0.1, -0.05) is 60.7 Å². The molecule has 0 amide bonds. The summed E-state index contributed by atoms with van der Waals surface area (Å²) in [5.74, 6) is 2.20. The van der Waals surface area contributed by atoms with Crippen LogP contribution in [0.4, 0.5) is 0 Å². The lowest BCUT2D eigenvalue weighted by atomic mass is 9.98. The van der Waals surface area contributed by atoms with Crippen molar-refractivity contribution in [2.45, 2.75) is 12.1 Å². The highest BCUT2D eigenvalue weighted by molar-refractivity contribution is 7.78. The van der Waals surface area contributed by atoms with Crippen molar-refractivity contribution in [2.75, 3.05) is 21.3 Å². The van der Waals surface area contributed by atoms with Crippen molar-refractivity contribution >= 4 is 11.3 Å². The van der Waals surface area contributed by atoms with E-state index in [0.717, 1.165) is 11.1 Å². The van der Waals surface area contributed by atoms with Crippen molar-refractivity contribution in [3.8, 4) is 23.0 Å². The third-order valence-electron chi connectivity index (χ3n) is 5.91. The molecular weight excluding hydrogens is 490 g/mol. The van der Waals surface area contributed by atoms with E-state index in [4.69, 9.17) is 18.4 Å². The zero-order valence-corrected chi connectivity index (χ0v) is 21.6. The summed E-state index contributed by atoms with van der Waals surface area (Å²) in [5, 5.41) is 11.0. The number of para-hydroxylation sites is 1. The molecule has 2 N–H and O–H groups in total. The molecule has 0 heterocycles. The average Bonchev–Trinajstić information content (AvgIpc) is 2.96. The third-order valence-corrected chi connectivity index (χ3v) is 6.67. The first-order chi connectivity index (χ1) is 18.0. The summed E-state index contributed by atoms with van der Waals surface area (Å²) in [7, 11) is 4.75. The van der Waals surface area contributed by atoms with Gasteiger partial charge in [0.05, 0.1) is 27.4 Å². The summed E-state index contributed by atoms with van der Waals surface area (Å²) in [4.78, 5) is 0. The van der Waals surface area contributed by atoms with Crippen LogP contribution in [0.3, 0.4) is 0 Å². The molecule has 0 saturated heterocycles. The van der Waals surface area contributed by atoms with Crippen LogP contribution in [0.25, 0.3) is 0 Å². The van der Waals surface area contributed by atoms with Crippen molar-refractivity contribution in [2.24, 2.45) is 0 Å². The van der Waals surface area contributed by atoms with Crippen LogP contribution in [0.15, 0.2) is 97.1 Å². The van der Waals surface area contributed by atoms with Crippen LogP contribution in [0.2, 0.25) is 0 Å². The molecule has 3 atom stereocenters. The van der Waals surface area contributed by atoms with Gasteiger partial charge in [-0.15, -0.1) is 0 Å². The minimum absolute atomic E-state index is 0.305. The topological polar surface area (TPSA) is 86.3 Å². The zero-order valence-electron chi connectivity index (χ0n) is 20.8. The highest BCUT2D eigenvalue weighted by Gasteiger charge is 2.24. The molecule has 0 aliphatic carbocycles. The molecule has 0 saturated carbocycles. The highest BCUT2D eigenvalue weighted by atomic mass is 32.2. The number of aliphatic hydroxyl groups is 1. The van der Waals surface area contributed by atoms with Crippen molar-refractivity contribution in [1.29, 1.82) is 0 Å². The molecule has 37 heavy (non-hydrogen) atoms. The largest absolute Gasteiger partial charge is 0.497 e. The van der Waals surface area contributed by atoms with Crippen molar-refractivity contribution in [1.82, 2.24) is 4.72 Å². The Labute approximate surface area is 219 Å². The molecule has 4 aromatic rings. The van der Waals surface area contributed by atoms with Gasteiger partial charge in [-0.25, -0.2) is 0 Å². The fourth-order valence-corrected chi connectivity index (χ4v) is 4.78. The van der Waals surface area contributed by atoms with Crippen LogP contribution >= 0.6 is 0 Å². The molecule has 0 aliphatic heterocycles. The summed E-state index contributed by atoms with van der Waals surface area (Å²) in [5.41, 5.74) is 2.77. The van der Waals surface area contributed by atoms with E-state index in [1.165, 1.54) is 0 Å². The number of methoxy groups -OCH3 is 3. The van der Waals surface area contributed by atoms with Crippen LogP contribution in [0, 0.1) is 0 Å². The lowest BCUT2D eigenvalue weighted by Gasteiger charge is -2.22. The Bertz CT molecular complexity index is 1330. The maximum Gasteiger partial charge on any atom is 0.288 e. The summed E-state index contributed by atoms with van der Waals surface area (Å²) in [6, 6.07) is 28.5. The molecule has 0 aliphatic rings. The van der Waals surface area contributed by atoms with E-state index in [1.807, 2.05) is 66.7 Å². The molecule has 0 spiro atoms. The van der Waals surface area contributed by atoms with Crippen LogP contribution in [0.5, 0.6) is 23.0 Å². The van der Waals surface area contributed by atoms with Crippen molar-refractivity contribution in [3.05, 3.63) is 119 Å². The minimum Gasteiger partial charge on any atom is -0.497 e. The Balaban J connectivity index is 1.64. The zero-order chi connectivity index (χ0) is 26.2. The number of rotatable bonds is 11. The van der Waals surface area contributed by atoms with Gasteiger partial charge < -0.3 is 23.5 Å². The summed E-state index contributed by atoms with van der Waals surface area (Å²) >= 11 is -1.99. The van der Waals surface area contributed by atoms with Crippen LogP contribution in [0.1, 0.15) is 34.4 Å². The normalized spacial score (nSPS) is 13.3. The first kappa shape index (κ1) is 26.2. The lowest BCUT2D eigenvalue weighted by molar-refractivity contribution is 0.218. The first-order valence-corrected chi connectivity index (χ1v) is 12.7. The smallest absolute Gasteiger partial charge is 0.288 e. The van der Waals surface area contributed by atoms with Gasteiger partial charge in [0.2, 0.25) is 0 Å². The molecule has 8 heteroatoms. The Kier molecular flexibility index (Phi) is 8.79. The van der Waals surface area contributed by atoms with Crippen LogP contribution in [-0.4, -0.2) is 30.6 Å². The van der Waals surface area contributed by atoms with Gasteiger partial charge in [0.25, 0.3) is 11.3 Å². The van der Waals surface area contributed by atoms with E-state index in [0.29, 0.717) is 34.1 Å². The monoisotopic (exact) mass is 519 g/mol. The molecule has 4 rings (SSSR count). The molecule has 7 nitrogen and oxygen atoms in total. The Hall–Kier alpha value is -3.85. The number of hydrogen-bond acceptors (Lipinski definition) is 6. The highest BCUT2D eigenvalue weighted by Crippen LogP contribution is 2.35. The summed E-state index contributed by atoms with van der Waals surface area (Å²) in [6.45, 7) is 0. The molecule has 0 radical (unpaired) electrons. The second-order valence-electron chi connectivity index (χ2n) is 8.10. The molecule has 3 unspecified atom stereocenters. The van der Waals surface area contributed by atoms with Gasteiger partial charge >= 0.3 is 0 Å². The van der Waals surface area contributed by atoms with Gasteiger partial charge in [-0.2, -0.15) is 8.93 Å². The van der Waals surface area contributed by atoms with Gasteiger partial charge in [-0.3, -0.25) is 0 Å². The maximum atomic E-state index is 13.3. The van der Waals surface area contributed by atoms with Gasteiger partial charge in [0, 0.05) is 17.2 Å². The molecule has 0 fully saturated rings. The fourth-order valence-electron chi connectivity index (χ4n) is 3.96. The molecule has 4 aromatic carbocycles. The first-order valence-electron chi connectivity index (χ1n) is 11.6. The van der Waals surface area contributed by atoms with Crippen molar-refractivity contribution < 1.29 is 27.7 Å². The Morgan fingerprint density at radius 1 is 0.676 bits per heavy atom. The van der Waals surface area contributed by atoms with E-state index in [9.17, 15) is 9.32 Å². The van der Waals surface area contributed by atoms with E-state index in [2.05, 4.69) is 4.72 Å². The van der Waals surface area contributed by atoms with E-state index in [-0.39, 0.29) is 0 Å². The second kappa shape index (κ2) is 12.4. The average molecular weight is 520 g/mol. The molecule has 192 valence electrons. The standard InChI is InChI=1S/C29H29NO6S/c1-33-22-15-13-20(14-16-22)28(24-18-17-23(34-2)19-27(24)35-3)30-37(32)36-26-12-8-7-11-25(26)29(31)21-9-5-4-6-10-21/h4-19,28-31H,1-3H3. The van der Waals surface area contributed by atoms with Crippen molar-refractivity contribution in [3.63, 3.8) is 0 Å². The lowest BCUT2D eigenvalue weighted by Crippen LogP contribution is -2.28.